The third-order valence-corrected chi connectivity index (χ3v) is 11.0. The molecule has 4 N–H and O–H groups in total. The summed E-state index contributed by atoms with van der Waals surface area (Å²) in [5.41, 5.74) is -3.72. The van der Waals surface area contributed by atoms with E-state index in [1.54, 1.807) is 21.3 Å². The highest BCUT2D eigenvalue weighted by atomic mass is 16.5. The molecule has 8 nitrogen and oxygen atoms in total. The van der Waals surface area contributed by atoms with Gasteiger partial charge in [0.2, 0.25) is 0 Å². The lowest BCUT2D eigenvalue weighted by atomic mass is 9.41. The third-order valence-electron chi connectivity index (χ3n) is 11.0. The number of aliphatic hydroxyl groups excluding tert-OH is 1. The van der Waals surface area contributed by atoms with Crippen LogP contribution < -0.4 is 5.32 Å². The minimum absolute atomic E-state index is 0.00810. The van der Waals surface area contributed by atoms with Crippen molar-refractivity contribution in [2.24, 2.45) is 34.5 Å². The second-order valence-corrected chi connectivity index (χ2v) is 11.2. The first-order valence-corrected chi connectivity index (χ1v) is 11.4. The van der Waals surface area contributed by atoms with Crippen molar-refractivity contribution in [2.45, 2.75) is 73.6 Å². The largest absolute Gasteiger partial charge is 0.392 e. The number of hydrogen-bond donors (Lipinski definition) is 4. The predicted molar refractivity (Wildman–Crippen MR) is 102 cm³/mol. The van der Waals surface area contributed by atoms with Crippen LogP contribution in [0.3, 0.4) is 0 Å². The average Bonchev–Trinajstić information content (AvgIpc) is 3.11. The van der Waals surface area contributed by atoms with E-state index < -0.39 is 34.7 Å². The summed E-state index contributed by atoms with van der Waals surface area (Å²) in [6.07, 6.45) is 1.18. The monoisotopic (exact) mass is 423 g/mol. The van der Waals surface area contributed by atoms with Crippen LogP contribution in [-0.2, 0) is 18.9 Å². The van der Waals surface area contributed by atoms with Crippen LogP contribution in [0.15, 0.2) is 0 Å². The molecule has 0 aromatic heterocycles. The van der Waals surface area contributed by atoms with Crippen LogP contribution in [0.4, 0.5) is 0 Å². The van der Waals surface area contributed by atoms with Crippen molar-refractivity contribution in [1.82, 2.24) is 5.32 Å². The fraction of sp³-hybridized carbons (Fsp3) is 1.00. The van der Waals surface area contributed by atoms with Crippen LogP contribution in [0.25, 0.3) is 0 Å². The Hall–Kier alpha value is -0.320. The molecule has 4 aliphatic heterocycles. The van der Waals surface area contributed by atoms with Gasteiger partial charge in [0.15, 0.2) is 0 Å². The number of methoxy groups -OCH3 is 3. The van der Waals surface area contributed by atoms with Crippen molar-refractivity contribution in [3.8, 4) is 0 Å². The number of hydrogen-bond acceptors (Lipinski definition) is 8. The molecule has 30 heavy (non-hydrogen) atoms. The van der Waals surface area contributed by atoms with Gasteiger partial charge < -0.3 is 34.3 Å². The molecule has 8 heteroatoms. The average molecular weight is 424 g/mol. The molecule has 168 valence electrons. The van der Waals surface area contributed by atoms with Gasteiger partial charge in [-0.25, -0.2) is 0 Å². The number of ether oxygens (including phenoxy) is 4. The standard InChI is InChI=1S/C22H33NO7/c1-27-8-19-5-4-12-21-10-6-9-11(28-2)7-20(25,13(10)14(9)24)22(26,16(29-3)15(19)21)17(21)23-18(19)30-12/h9-18,23-26H,4-8H2,1-3H3/t9-,10-,11+,12-,13-,14+,15-,16+,17?,18?,19+,20-,21+,22+/m1/s1. The molecule has 0 radical (unpaired) electrons. The fourth-order valence-electron chi connectivity index (χ4n) is 10.5. The zero-order chi connectivity index (χ0) is 20.8. The van der Waals surface area contributed by atoms with Gasteiger partial charge in [0, 0.05) is 56.3 Å². The summed E-state index contributed by atoms with van der Waals surface area (Å²) in [6.45, 7) is 0.523. The number of fused-ring (bicyclic) bond motifs is 3. The molecule has 14 atom stereocenters. The molecule has 4 saturated heterocycles. The second-order valence-electron chi connectivity index (χ2n) is 11.2. The Labute approximate surface area is 176 Å². The molecular formula is C22H33NO7. The van der Waals surface area contributed by atoms with E-state index in [9.17, 15) is 15.3 Å². The van der Waals surface area contributed by atoms with Crippen LogP contribution in [0.1, 0.15) is 25.7 Å². The Morgan fingerprint density at radius 2 is 1.97 bits per heavy atom. The van der Waals surface area contributed by atoms with Gasteiger partial charge in [-0.3, -0.25) is 5.32 Å². The molecule has 9 aliphatic rings. The van der Waals surface area contributed by atoms with Crippen molar-refractivity contribution >= 4 is 0 Å². The van der Waals surface area contributed by atoms with E-state index in [0.717, 1.165) is 19.3 Å². The number of nitrogens with one attached hydrogen (secondary N) is 1. The molecule has 1 spiro atoms. The predicted octanol–water partition coefficient (Wildman–Crippen LogP) is -0.751. The van der Waals surface area contributed by atoms with Crippen LogP contribution >= 0.6 is 0 Å². The number of aliphatic hydroxyl groups is 3. The highest BCUT2D eigenvalue weighted by Gasteiger charge is 2.93. The molecule has 5 aliphatic carbocycles. The molecule has 4 heterocycles. The fourth-order valence-corrected chi connectivity index (χ4v) is 10.5. The lowest BCUT2D eigenvalue weighted by Gasteiger charge is -2.73. The van der Waals surface area contributed by atoms with E-state index >= 15 is 0 Å². The van der Waals surface area contributed by atoms with Crippen LogP contribution in [0, 0.1) is 34.5 Å². The lowest BCUT2D eigenvalue weighted by molar-refractivity contribution is -0.367. The van der Waals surface area contributed by atoms with Crippen LogP contribution in [-0.4, -0.2) is 91.1 Å². The van der Waals surface area contributed by atoms with E-state index in [-0.39, 0.29) is 47.6 Å². The molecular weight excluding hydrogens is 390 g/mol. The summed E-state index contributed by atoms with van der Waals surface area (Å²) in [5, 5.41) is 39.9. The van der Waals surface area contributed by atoms with Crippen molar-refractivity contribution in [3.05, 3.63) is 0 Å². The van der Waals surface area contributed by atoms with Gasteiger partial charge in [0.1, 0.15) is 17.4 Å². The first kappa shape index (κ1) is 19.2. The summed E-state index contributed by atoms with van der Waals surface area (Å²) in [4.78, 5) is 0. The highest BCUT2D eigenvalue weighted by molar-refractivity contribution is 5.42. The van der Waals surface area contributed by atoms with Crippen molar-refractivity contribution in [1.29, 1.82) is 0 Å². The molecule has 0 aromatic rings. The number of rotatable bonds is 4. The van der Waals surface area contributed by atoms with Gasteiger partial charge in [-0.05, 0) is 25.2 Å². The molecule has 9 fully saturated rings. The smallest absolute Gasteiger partial charge is 0.136 e. The Morgan fingerprint density at radius 1 is 1.17 bits per heavy atom. The van der Waals surface area contributed by atoms with E-state index in [2.05, 4.69) is 5.32 Å². The summed E-state index contributed by atoms with van der Waals surface area (Å²) < 4.78 is 24.2. The first-order chi connectivity index (χ1) is 14.4. The van der Waals surface area contributed by atoms with E-state index in [1.807, 2.05) is 0 Å². The first-order valence-electron chi connectivity index (χ1n) is 11.4. The maximum atomic E-state index is 12.5. The topological polar surface area (TPSA) is 110 Å². The summed E-state index contributed by atoms with van der Waals surface area (Å²) in [7, 11) is 5.00. The molecule has 9 bridgehead atoms. The number of piperidine rings is 1. The van der Waals surface area contributed by atoms with Gasteiger partial charge in [-0.15, -0.1) is 0 Å². The quantitative estimate of drug-likeness (QED) is 0.468. The maximum Gasteiger partial charge on any atom is 0.136 e. The SMILES string of the molecule is COC[C@]12CC[C@H]3OC1NC1[C@@]34[C@@H]3C[C@H]5[C@H](O)[C@@H]3[C@](O)(C[C@@H]5OC)[C@]1(O)[C@@H](OC)[C@H]24. The molecule has 9 rings (SSSR count). The minimum atomic E-state index is -1.53. The zero-order valence-corrected chi connectivity index (χ0v) is 17.8. The summed E-state index contributed by atoms with van der Waals surface area (Å²) >= 11 is 0. The molecule has 0 amide bonds. The Kier molecular flexibility index (Phi) is 3.46. The summed E-state index contributed by atoms with van der Waals surface area (Å²) in [5.74, 6) is -0.388. The van der Waals surface area contributed by atoms with E-state index in [1.165, 1.54) is 0 Å². The summed E-state index contributed by atoms with van der Waals surface area (Å²) in [6, 6.07) is -0.332. The van der Waals surface area contributed by atoms with Crippen molar-refractivity contribution in [3.63, 3.8) is 0 Å². The zero-order valence-electron chi connectivity index (χ0n) is 17.8. The maximum absolute atomic E-state index is 12.5. The molecule has 5 saturated carbocycles. The third kappa shape index (κ3) is 1.52. The van der Waals surface area contributed by atoms with Gasteiger partial charge in [0.25, 0.3) is 0 Å². The molecule has 0 aromatic carbocycles. The van der Waals surface area contributed by atoms with Gasteiger partial charge in [-0.2, -0.15) is 0 Å². The lowest BCUT2D eigenvalue weighted by Crippen LogP contribution is -2.86. The van der Waals surface area contributed by atoms with Crippen LogP contribution in [0.5, 0.6) is 0 Å². The van der Waals surface area contributed by atoms with Gasteiger partial charge in [0.05, 0.1) is 37.1 Å². The van der Waals surface area contributed by atoms with Crippen molar-refractivity contribution in [2.75, 3.05) is 27.9 Å². The van der Waals surface area contributed by atoms with Gasteiger partial charge in [-0.1, -0.05) is 0 Å². The second kappa shape index (κ2) is 5.42. The van der Waals surface area contributed by atoms with E-state index in [4.69, 9.17) is 18.9 Å². The Balaban J connectivity index is 1.52. The van der Waals surface area contributed by atoms with E-state index in [0.29, 0.717) is 13.0 Å². The highest BCUT2D eigenvalue weighted by Crippen LogP contribution is 2.81. The van der Waals surface area contributed by atoms with Crippen molar-refractivity contribution < 1.29 is 34.3 Å². The van der Waals surface area contributed by atoms with Gasteiger partial charge >= 0.3 is 0 Å². The molecule has 2 unspecified atom stereocenters. The Morgan fingerprint density at radius 3 is 2.67 bits per heavy atom. The minimum Gasteiger partial charge on any atom is -0.392 e. The Bertz CT molecular complexity index is 793. The normalized spacial score (nSPS) is 68.6. The van der Waals surface area contributed by atoms with Crippen LogP contribution in [0.2, 0.25) is 0 Å².